The highest BCUT2D eigenvalue weighted by Gasteiger charge is 2.23. The highest BCUT2D eigenvalue weighted by atomic mass is 16.3. The summed E-state index contributed by atoms with van der Waals surface area (Å²) in [6.45, 7) is 0. The third kappa shape index (κ3) is 4.34. The molecule has 0 fully saturated rings. The van der Waals surface area contributed by atoms with Gasteiger partial charge in [-0.1, -0.05) is 169 Å². The van der Waals surface area contributed by atoms with E-state index >= 15 is 0 Å². The van der Waals surface area contributed by atoms with Crippen LogP contribution in [0.1, 0.15) is 43.9 Å². The van der Waals surface area contributed by atoms with Crippen LogP contribution in [0, 0.1) is 0 Å². The molecular weight excluding hydrogens is 689 g/mol. The van der Waals surface area contributed by atoms with Gasteiger partial charge in [-0.05, 0) is 133 Å². The van der Waals surface area contributed by atoms with E-state index in [0.29, 0.717) is 0 Å². The van der Waals surface area contributed by atoms with Crippen molar-refractivity contribution in [2.45, 2.75) is 0 Å². The van der Waals surface area contributed by atoms with Crippen molar-refractivity contribution < 1.29 is 48.3 Å². The zero-order valence-corrected chi connectivity index (χ0v) is 28.4. The SMILES string of the molecule is [2H]c1c([2H])c([2H])c(-c2c(-c3c([2H])c([2H])c4c([2H])c([2H])c5c([2H])c([2H])c([2H])c6c([2H])c([2H])c3c4c56)c([2H])c(-c3c([2H])c([2H])c4c([2H])c([2H])c5c([2H])c([2H])c([2H])c6c([2H])c([2H])c3c4c56)c([2H])c2-c2c([2H])c([2H])c([2H])c3oc4c([2H])c([2H])c([2H])c([2H])c4c23)c([2H])c1[2H]. The summed E-state index contributed by atoms with van der Waals surface area (Å²) < 4.78 is 306. The number of hydrogen-bond donors (Lipinski definition) is 0. The summed E-state index contributed by atoms with van der Waals surface area (Å²) in [5, 5.41) is -8.18. The zero-order chi connectivity index (χ0) is 65.0. The Hall–Kier alpha value is -7.48. The van der Waals surface area contributed by atoms with E-state index in [1.807, 2.05) is 0 Å². The van der Waals surface area contributed by atoms with Gasteiger partial charge >= 0.3 is 0 Å². The van der Waals surface area contributed by atoms with Gasteiger partial charge in [0.05, 0.1) is 43.9 Å². The van der Waals surface area contributed by atoms with Gasteiger partial charge in [-0.3, -0.25) is 0 Å². The van der Waals surface area contributed by atoms with Crippen molar-refractivity contribution in [2.75, 3.05) is 0 Å². The molecule has 0 bridgehead atoms. The monoisotopic (exact) mass is 752 g/mol. The Morgan fingerprint density at radius 2 is 0.772 bits per heavy atom. The number of benzene rings is 12. The first-order valence-electron chi connectivity index (χ1n) is 33.2. The van der Waals surface area contributed by atoms with Crippen molar-refractivity contribution in [1.82, 2.24) is 0 Å². The van der Waals surface area contributed by atoms with Gasteiger partial charge in [-0.15, -0.1) is 0 Å². The van der Waals surface area contributed by atoms with Gasteiger partial charge in [0.15, 0.2) is 0 Å². The fraction of sp³-hybridized carbons (Fsp3) is 0. The molecule has 0 atom stereocenters. The molecule has 0 N–H and O–H groups in total. The van der Waals surface area contributed by atoms with Gasteiger partial charge in [-0.2, -0.15) is 0 Å². The number of para-hydroxylation sites is 1. The van der Waals surface area contributed by atoms with Gasteiger partial charge < -0.3 is 4.42 Å². The van der Waals surface area contributed by atoms with E-state index in [0.717, 1.165) is 0 Å². The fourth-order valence-electron chi connectivity index (χ4n) is 7.70. The van der Waals surface area contributed by atoms with E-state index in [2.05, 4.69) is 0 Å². The molecule has 1 heteroatoms. The second kappa shape index (κ2) is 11.5. The van der Waals surface area contributed by atoms with E-state index in [9.17, 15) is 24.7 Å². The lowest BCUT2D eigenvalue weighted by Crippen LogP contribution is -1.95. The van der Waals surface area contributed by atoms with Crippen molar-refractivity contribution in [2.24, 2.45) is 0 Å². The average molecular weight is 753 g/mol. The molecule has 0 aliphatic heterocycles. The molecule has 1 aromatic heterocycles. The lowest BCUT2D eigenvalue weighted by atomic mass is 9.81. The van der Waals surface area contributed by atoms with E-state index in [1.54, 1.807) is 0 Å². The summed E-state index contributed by atoms with van der Waals surface area (Å²) in [4.78, 5) is 0. The van der Waals surface area contributed by atoms with Crippen LogP contribution in [0.5, 0.6) is 0 Å². The summed E-state index contributed by atoms with van der Waals surface area (Å²) in [7, 11) is 0. The predicted molar refractivity (Wildman–Crippen MR) is 243 cm³/mol. The molecule has 1 nitrogen and oxygen atoms in total. The van der Waals surface area contributed by atoms with Gasteiger partial charge in [0.2, 0.25) is 0 Å². The Labute approximate surface area is 373 Å². The van der Waals surface area contributed by atoms with Crippen LogP contribution in [0.25, 0.3) is 131 Å². The zero-order valence-electron chi connectivity index (χ0n) is 60.4. The summed E-state index contributed by atoms with van der Waals surface area (Å²) in [5.41, 5.74) is -9.53. The molecule has 0 unspecified atom stereocenters. The summed E-state index contributed by atoms with van der Waals surface area (Å²) in [6.07, 6.45) is 0. The van der Waals surface area contributed by atoms with Crippen LogP contribution >= 0.6 is 0 Å². The smallest absolute Gasteiger partial charge is 0.136 e. The molecule has 12 aromatic carbocycles. The largest absolute Gasteiger partial charge is 0.456 e. The lowest BCUT2D eigenvalue weighted by molar-refractivity contribution is 0.669. The normalized spacial score (nSPS) is 20.1. The van der Waals surface area contributed by atoms with Crippen molar-refractivity contribution in [3.63, 3.8) is 0 Å². The molecule has 262 valence electrons. The Kier molecular flexibility index (Phi) is 2.69. The van der Waals surface area contributed by atoms with Crippen LogP contribution in [0.2, 0.25) is 0 Å². The maximum absolute atomic E-state index is 10.8. The standard InChI is InChI=1S/C56H32O/c1-2-9-33(10-3-1)53-47(42-28-24-39-22-20-35-12-7-14-37-26-30-45(42)55(39)52(35)37)31-40(32-48(53)43-16-8-18-50-56(43)46-15-4-5-17-49(46)57-50)41-27-23-38-21-19-34-11-6-13-36-25-29-44(41)54(38)51(34)36/h1-32H/i1D,2D,3D,4D,5D,6D,7D,8D,9D,10D,11D,12D,13D,14D,15D,16D,17D,18D,19D,20D,21D,22D,23D,24D,25D,26D,27D,28D,29D,30D,31D,32D. The molecule has 0 saturated carbocycles. The molecule has 0 aliphatic carbocycles. The highest BCUT2D eigenvalue weighted by Crippen LogP contribution is 2.50. The van der Waals surface area contributed by atoms with Gasteiger partial charge in [-0.25, -0.2) is 0 Å². The Balaban J connectivity index is 1.44. The quantitative estimate of drug-likeness (QED) is 0.163. The van der Waals surface area contributed by atoms with E-state index in [-0.39, 0.29) is 0 Å². The first-order chi connectivity index (χ1) is 41.6. The third-order valence-electron chi connectivity index (χ3n) is 10.1. The molecule has 0 spiro atoms. The number of fused-ring (bicyclic) bond motifs is 3. The van der Waals surface area contributed by atoms with Gasteiger partial charge in [0, 0.05) is 10.8 Å². The average Bonchev–Trinajstić information content (AvgIpc) is 0.805. The lowest BCUT2D eigenvalue weighted by Gasteiger charge is -2.22. The van der Waals surface area contributed by atoms with Crippen LogP contribution in [0.4, 0.5) is 0 Å². The van der Waals surface area contributed by atoms with E-state index < -0.39 is 324 Å². The molecule has 0 amide bonds. The first kappa shape index (κ1) is 13.3. The molecule has 13 rings (SSSR count). The number of furan rings is 1. The first-order valence-corrected chi connectivity index (χ1v) is 17.2. The van der Waals surface area contributed by atoms with Gasteiger partial charge in [0.1, 0.15) is 11.2 Å². The molecule has 0 radical (unpaired) electrons. The van der Waals surface area contributed by atoms with E-state index in [1.165, 1.54) is 0 Å². The fourth-order valence-corrected chi connectivity index (χ4v) is 7.70. The summed E-state index contributed by atoms with van der Waals surface area (Å²) >= 11 is 0. The molecular formula is C56H32O. The summed E-state index contributed by atoms with van der Waals surface area (Å²) in [6, 6.07) is -31.6. The van der Waals surface area contributed by atoms with Crippen LogP contribution in [0.3, 0.4) is 0 Å². The summed E-state index contributed by atoms with van der Waals surface area (Å²) in [5.74, 6) is 0. The maximum atomic E-state index is 10.8. The number of rotatable bonds is 4. The molecule has 57 heavy (non-hydrogen) atoms. The predicted octanol–water partition coefficient (Wildman–Crippen LogP) is 16.0. The minimum absolute atomic E-state index is 0.426. The van der Waals surface area contributed by atoms with Crippen molar-refractivity contribution in [3.8, 4) is 44.5 Å². The minimum Gasteiger partial charge on any atom is -0.456 e. The molecule has 13 aromatic rings. The second-order valence-corrected chi connectivity index (χ2v) is 13.0. The molecule has 0 aliphatic rings. The second-order valence-electron chi connectivity index (χ2n) is 13.0. The molecule has 1 heterocycles. The number of hydrogen-bond acceptors (Lipinski definition) is 1. The van der Waals surface area contributed by atoms with E-state index in [4.69, 9.17) is 23.6 Å². The topological polar surface area (TPSA) is 13.1 Å². The Morgan fingerprint density at radius 1 is 0.281 bits per heavy atom. The Morgan fingerprint density at radius 3 is 1.44 bits per heavy atom. The van der Waals surface area contributed by atoms with Gasteiger partial charge in [0.25, 0.3) is 0 Å². The van der Waals surface area contributed by atoms with Crippen molar-refractivity contribution >= 4 is 86.6 Å². The van der Waals surface area contributed by atoms with Crippen LogP contribution in [-0.4, -0.2) is 0 Å². The van der Waals surface area contributed by atoms with Crippen molar-refractivity contribution in [1.29, 1.82) is 0 Å². The van der Waals surface area contributed by atoms with Crippen LogP contribution < -0.4 is 0 Å². The van der Waals surface area contributed by atoms with Crippen LogP contribution in [-0.2, 0) is 0 Å². The Bertz CT molecular complexity index is 5550. The maximum Gasteiger partial charge on any atom is 0.136 e. The minimum atomic E-state index is -1.26. The molecule has 0 saturated heterocycles. The van der Waals surface area contributed by atoms with Crippen LogP contribution in [0.15, 0.2) is 198 Å². The van der Waals surface area contributed by atoms with Crippen molar-refractivity contribution in [3.05, 3.63) is 193 Å². The highest BCUT2D eigenvalue weighted by molar-refractivity contribution is 6.28. The third-order valence-corrected chi connectivity index (χ3v) is 10.1.